The smallest absolute Gasteiger partial charge is 0.243 e. The lowest BCUT2D eigenvalue weighted by Gasteiger charge is -2.15. The molecule has 1 aromatic carbocycles. The number of rotatable bonds is 5. The minimum absolute atomic E-state index is 0.114. The van der Waals surface area contributed by atoms with Gasteiger partial charge in [-0.2, -0.15) is 0 Å². The molecule has 0 spiro atoms. The number of fused-ring (bicyclic) bond motifs is 1. The zero-order valence-electron chi connectivity index (χ0n) is 11.7. The standard InChI is InChI=1S/C15H17N3O2S/c1-3-6-11(4-2)18-21(19,20)14-9-8-13(16)12-7-5-10-17-15(12)14/h1,5,7-11,18H,4,6,16H2,2H3. The van der Waals surface area contributed by atoms with E-state index in [1.807, 2.05) is 6.92 Å². The maximum atomic E-state index is 12.5. The zero-order valence-corrected chi connectivity index (χ0v) is 12.5. The Morgan fingerprint density at radius 2 is 2.19 bits per heavy atom. The average molecular weight is 303 g/mol. The Bertz CT molecular complexity index is 794. The van der Waals surface area contributed by atoms with E-state index in [0.717, 1.165) is 0 Å². The van der Waals surface area contributed by atoms with Crippen molar-refractivity contribution in [3.8, 4) is 12.3 Å². The molecule has 2 aromatic rings. The molecule has 3 N–H and O–H groups in total. The van der Waals surface area contributed by atoms with Crippen molar-refractivity contribution >= 4 is 26.6 Å². The molecule has 0 saturated heterocycles. The second-order valence-corrected chi connectivity index (χ2v) is 6.37. The minimum Gasteiger partial charge on any atom is -0.398 e. The van der Waals surface area contributed by atoms with E-state index in [9.17, 15) is 8.42 Å². The van der Waals surface area contributed by atoms with Crippen LogP contribution in [0.3, 0.4) is 0 Å². The van der Waals surface area contributed by atoms with E-state index >= 15 is 0 Å². The van der Waals surface area contributed by atoms with Gasteiger partial charge in [0, 0.05) is 29.7 Å². The van der Waals surface area contributed by atoms with E-state index in [2.05, 4.69) is 15.6 Å². The normalized spacial score (nSPS) is 13.0. The Balaban J connectivity index is 2.51. The van der Waals surface area contributed by atoms with Crippen molar-refractivity contribution in [2.75, 3.05) is 5.73 Å². The molecule has 21 heavy (non-hydrogen) atoms. The van der Waals surface area contributed by atoms with Crippen LogP contribution in [0.5, 0.6) is 0 Å². The number of pyridine rings is 1. The SMILES string of the molecule is C#CCC(CC)NS(=O)(=O)c1ccc(N)c2cccnc12. The molecule has 0 radical (unpaired) electrons. The number of nitrogens with one attached hydrogen (secondary N) is 1. The highest BCUT2D eigenvalue weighted by atomic mass is 32.2. The number of terminal acetylenes is 1. The van der Waals surface area contributed by atoms with Crippen LogP contribution in [0, 0.1) is 12.3 Å². The molecule has 0 amide bonds. The summed E-state index contributed by atoms with van der Waals surface area (Å²) in [6, 6.07) is 6.21. The number of benzene rings is 1. The van der Waals surface area contributed by atoms with Gasteiger partial charge in [0.05, 0.1) is 5.52 Å². The van der Waals surface area contributed by atoms with Crippen molar-refractivity contribution < 1.29 is 8.42 Å². The van der Waals surface area contributed by atoms with Crippen LogP contribution in [-0.4, -0.2) is 19.4 Å². The zero-order chi connectivity index (χ0) is 15.5. The van der Waals surface area contributed by atoms with E-state index in [4.69, 9.17) is 12.2 Å². The maximum absolute atomic E-state index is 12.5. The first kappa shape index (κ1) is 15.3. The highest BCUT2D eigenvalue weighted by Crippen LogP contribution is 2.26. The molecule has 0 aliphatic rings. The lowest BCUT2D eigenvalue weighted by Crippen LogP contribution is -2.34. The molecule has 1 aromatic heterocycles. The lowest BCUT2D eigenvalue weighted by molar-refractivity contribution is 0.544. The number of nitrogens with two attached hydrogens (primary N) is 1. The summed E-state index contributed by atoms with van der Waals surface area (Å²) in [6.07, 6.45) is 7.76. The number of hydrogen-bond acceptors (Lipinski definition) is 4. The number of aromatic nitrogens is 1. The van der Waals surface area contributed by atoms with Crippen LogP contribution in [-0.2, 0) is 10.0 Å². The number of anilines is 1. The largest absolute Gasteiger partial charge is 0.398 e. The summed E-state index contributed by atoms with van der Waals surface area (Å²) >= 11 is 0. The van der Waals surface area contributed by atoms with Crippen LogP contribution in [0.25, 0.3) is 10.9 Å². The van der Waals surface area contributed by atoms with Gasteiger partial charge in [0.25, 0.3) is 0 Å². The predicted octanol–water partition coefficient (Wildman–Crippen LogP) is 1.90. The highest BCUT2D eigenvalue weighted by Gasteiger charge is 2.22. The first-order valence-corrected chi connectivity index (χ1v) is 8.07. The van der Waals surface area contributed by atoms with Crippen molar-refractivity contribution in [3.05, 3.63) is 30.5 Å². The van der Waals surface area contributed by atoms with Crippen molar-refractivity contribution in [3.63, 3.8) is 0 Å². The molecule has 5 nitrogen and oxygen atoms in total. The summed E-state index contributed by atoms with van der Waals surface area (Å²) in [4.78, 5) is 4.26. The van der Waals surface area contributed by atoms with Crippen LogP contribution in [0.15, 0.2) is 35.4 Å². The summed E-state index contributed by atoms with van der Waals surface area (Å²) in [6.45, 7) is 1.88. The summed E-state index contributed by atoms with van der Waals surface area (Å²) in [5.74, 6) is 2.48. The van der Waals surface area contributed by atoms with Gasteiger partial charge in [-0.15, -0.1) is 12.3 Å². The third kappa shape index (κ3) is 3.15. The molecule has 6 heteroatoms. The van der Waals surface area contributed by atoms with Crippen LogP contribution < -0.4 is 10.5 Å². The first-order valence-electron chi connectivity index (χ1n) is 6.58. The summed E-state index contributed by atoms with van der Waals surface area (Å²) in [5.41, 5.74) is 6.72. The molecule has 1 atom stereocenters. The maximum Gasteiger partial charge on any atom is 0.243 e. The molecule has 1 heterocycles. The molecular weight excluding hydrogens is 286 g/mol. The van der Waals surface area contributed by atoms with E-state index in [-0.39, 0.29) is 10.9 Å². The monoisotopic (exact) mass is 303 g/mol. The van der Waals surface area contributed by atoms with Gasteiger partial charge in [-0.3, -0.25) is 4.98 Å². The van der Waals surface area contributed by atoms with E-state index in [1.54, 1.807) is 24.4 Å². The first-order chi connectivity index (χ1) is 9.99. The number of hydrogen-bond donors (Lipinski definition) is 2. The van der Waals surface area contributed by atoms with Crippen molar-refractivity contribution in [2.45, 2.75) is 30.7 Å². The quantitative estimate of drug-likeness (QED) is 0.652. The Labute approximate surface area is 124 Å². The predicted molar refractivity (Wildman–Crippen MR) is 84.0 cm³/mol. The van der Waals surface area contributed by atoms with Gasteiger partial charge in [0.1, 0.15) is 4.90 Å². The summed E-state index contributed by atoms with van der Waals surface area (Å²) in [5, 5.41) is 0.616. The molecule has 0 bridgehead atoms. The second kappa shape index (κ2) is 6.12. The molecule has 1 unspecified atom stereocenters. The molecule has 2 rings (SSSR count). The third-order valence-electron chi connectivity index (χ3n) is 3.23. The average Bonchev–Trinajstić information content (AvgIpc) is 2.47. The van der Waals surface area contributed by atoms with E-state index in [1.165, 1.54) is 6.07 Å². The fraction of sp³-hybridized carbons (Fsp3) is 0.267. The van der Waals surface area contributed by atoms with Crippen molar-refractivity contribution in [1.29, 1.82) is 0 Å². The number of sulfonamides is 1. The minimum atomic E-state index is -3.70. The van der Waals surface area contributed by atoms with Gasteiger partial charge in [0.2, 0.25) is 10.0 Å². The van der Waals surface area contributed by atoms with Crippen LogP contribution >= 0.6 is 0 Å². The molecular formula is C15H17N3O2S. The number of nitrogens with zero attached hydrogens (tertiary/aromatic N) is 1. The van der Waals surface area contributed by atoms with Crippen molar-refractivity contribution in [1.82, 2.24) is 9.71 Å². The van der Waals surface area contributed by atoms with Gasteiger partial charge in [0.15, 0.2) is 0 Å². The lowest BCUT2D eigenvalue weighted by atomic mass is 10.2. The van der Waals surface area contributed by atoms with E-state index in [0.29, 0.717) is 29.4 Å². The van der Waals surface area contributed by atoms with Crippen molar-refractivity contribution in [2.24, 2.45) is 0 Å². The number of nitrogen functional groups attached to an aromatic ring is 1. The van der Waals surface area contributed by atoms with E-state index < -0.39 is 10.0 Å². The highest BCUT2D eigenvalue weighted by molar-refractivity contribution is 7.89. The molecule has 0 saturated carbocycles. The molecule has 0 aliphatic carbocycles. The van der Waals surface area contributed by atoms with Gasteiger partial charge in [-0.25, -0.2) is 13.1 Å². The summed E-state index contributed by atoms with van der Waals surface area (Å²) < 4.78 is 27.7. The Kier molecular flexibility index (Phi) is 4.46. The van der Waals surface area contributed by atoms with Gasteiger partial charge in [-0.05, 0) is 30.7 Å². The molecule has 0 fully saturated rings. The topological polar surface area (TPSA) is 85.1 Å². The van der Waals surface area contributed by atoms with Gasteiger partial charge >= 0.3 is 0 Å². The van der Waals surface area contributed by atoms with Gasteiger partial charge < -0.3 is 5.73 Å². The Morgan fingerprint density at radius 1 is 1.43 bits per heavy atom. The molecule has 0 aliphatic heterocycles. The third-order valence-corrected chi connectivity index (χ3v) is 4.79. The fourth-order valence-electron chi connectivity index (χ4n) is 2.08. The van der Waals surface area contributed by atoms with Crippen LogP contribution in [0.4, 0.5) is 5.69 Å². The van der Waals surface area contributed by atoms with Crippen LogP contribution in [0.2, 0.25) is 0 Å². The Hall–Kier alpha value is -2.10. The Morgan fingerprint density at radius 3 is 2.86 bits per heavy atom. The molecule has 110 valence electrons. The van der Waals surface area contributed by atoms with Crippen LogP contribution in [0.1, 0.15) is 19.8 Å². The summed E-state index contributed by atoms with van der Waals surface area (Å²) in [7, 11) is -3.70. The fourth-order valence-corrected chi connectivity index (χ4v) is 3.56. The second-order valence-electron chi connectivity index (χ2n) is 4.69. The van der Waals surface area contributed by atoms with Gasteiger partial charge in [-0.1, -0.05) is 6.92 Å².